The van der Waals surface area contributed by atoms with E-state index in [1.54, 1.807) is 74.4 Å². The van der Waals surface area contributed by atoms with Crippen LogP contribution < -0.4 is 29.0 Å². The van der Waals surface area contributed by atoms with E-state index in [1.807, 2.05) is 6.07 Å². The summed E-state index contributed by atoms with van der Waals surface area (Å²) in [6.45, 7) is 0.384. The van der Waals surface area contributed by atoms with Crippen LogP contribution >= 0.6 is 0 Å². The smallest absolute Gasteiger partial charge is 0.258 e. The third-order valence-corrected chi connectivity index (χ3v) is 4.97. The molecule has 0 aliphatic carbocycles. The molecular formula is C24H25N5O6. The molecule has 0 fully saturated rings. The van der Waals surface area contributed by atoms with E-state index in [1.165, 1.54) is 0 Å². The maximum absolute atomic E-state index is 12.0. The Balaban J connectivity index is 1.32. The van der Waals surface area contributed by atoms with Crippen LogP contribution in [0, 0.1) is 0 Å². The predicted octanol–water partition coefficient (Wildman–Crippen LogP) is 2.39. The van der Waals surface area contributed by atoms with Crippen molar-refractivity contribution >= 4 is 11.6 Å². The van der Waals surface area contributed by atoms with Crippen molar-refractivity contribution in [2.45, 2.75) is 0 Å². The van der Waals surface area contributed by atoms with Crippen LogP contribution in [0.25, 0.3) is 17.0 Å². The van der Waals surface area contributed by atoms with Crippen LogP contribution in [0.3, 0.4) is 0 Å². The number of nitrogens with one attached hydrogen (secondary N) is 1. The van der Waals surface area contributed by atoms with E-state index in [2.05, 4.69) is 20.6 Å². The summed E-state index contributed by atoms with van der Waals surface area (Å²) >= 11 is 0. The number of hydrogen-bond acceptors (Lipinski definition) is 9. The molecule has 1 amide bonds. The fourth-order valence-electron chi connectivity index (χ4n) is 3.24. The van der Waals surface area contributed by atoms with Gasteiger partial charge in [0.15, 0.2) is 29.6 Å². The molecule has 0 saturated heterocycles. The largest absolute Gasteiger partial charge is 0.497 e. The number of carbonyl (C=O) groups excluding carboxylic acids is 1. The zero-order valence-corrected chi connectivity index (χ0v) is 19.6. The molecule has 0 radical (unpaired) electrons. The molecule has 11 nitrogen and oxygen atoms in total. The second-order valence-corrected chi connectivity index (χ2v) is 7.20. The molecule has 0 saturated carbocycles. The van der Waals surface area contributed by atoms with Crippen LogP contribution in [0.5, 0.6) is 28.9 Å². The number of ether oxygens (including phenoxy) is 5. The molecule has 0 spiro atoms. The van der Waals surface area contributed by atoms with Crippen molar-refractivity contribution in [1.29, 1.82) is 0 Å². The molecule has 1 N–H and O–H groups in total. The number of aromatic nitrogens is 4. The standard InChI is InChI=1S/C24H25N5O6/c1-31-17-5-4-6-18(14-17)35-15-22(30)25-11-12-34-23-10-9-21-26-27-24(29(21)28-23)16-7-8-19(32-2)20(13-16)33-3/h4-10,13-14H,11-12,15H2,1-3H3,(H,25,30). The van der Waals surface area contributed by atoms with Gasteiger partial charge < -0.3 is 29.0 Å². The van der Waals surface area contributed by atoms with E-state index in [4.69, 9.17) is 23.7 Å². The van der Waals surface area contributed by atoms with Gasteiger partial charge in [-0.1, -0.05) is 6.07 Å². The molecule has 4 rings (SSSR count). The van der Waals surface area contributed by atoms with E-state index in [9.17, 15) is 4.79 Å². The molecule has 0 aliphatic heterocycles. The summed E-state index contributed by atoms with van der Waals surface area (Å²) in [7, 11) is 4.71. The fraction of sp³-hybridized carbons (Fsp3) is 0.250. The van der Waals surface area contributed by atoms with Gasteiger partial charge in [-0.05, 0) is 36.4 Å². The average molecular weight is 479 g/mol. The van der Waals surface area contributed by atoms with Gasteiger partial charge in [-0.25, -0.2) is 0 Å². The van der Waals surface area contributed by atoms with Gasteiger partial charge in [0.2, 0.25) is 5.88 Å². The molecule has 182 valence electrons. The first kappa shape index (κ1) is 23.6. The van der Waals surface area contributed by atoms with Crippen LogP contribution in [0.2, 0.25) is 0 Å². The van der Waals surface area contributed by atoms with Crippen molar-refractivity contribution in [2.24, 2.45) is 0 Å². The lowest BCUT2D eigenvalue weighted by Gasteiger charge is -2.10. The number of fused-ring (bicyclic) bond motifs is 1. The van der Waals surface area contributed by atoms with E-state index in [-0.39, 0.29) is 25.7 Å². The summed E-state index contributed by atoms with van der Waals surface area (Å²) in [6.07, 6.45) is 0. The topological polar surface area (TPSA) is 118 Å². The molecule has 35 heavy (non-hydrogen) atoms. The minimum absolute atomic E-state index is 0.118. The molecule has 11 heteroatoms. The van der Waals surface area contributed by atoms with E-state index < -0.39 is 0 Å². The first-order valence-electron chi connectivity index (χ1n) is 10.7. The summed E-state index contributed by atoms with van der Waals surface area (Å²) < 4.78 is 28.5. The first-order chi connectivity index (χ1) is 17.1. The molecule has 0 aliphatic rings. The summed E-state index contributed by atoms with van der Waals surface area (Å²) in [5.74, 6) is 3.00. The second kappa shape index (κ2) is 11.1. The molecule has 2 heterocycles. The highest BCUT2D eigenvalue weighted by molar-refractivity contribution is 5.77. The Bertz CT molecular complexity index is 1310. The maximum atomic E-state index is 12.0. The number of benzene rings is 2. The average Bonchev–Trinajstić information content (AvgIpc) is 3.33. The van der Waals surface area contributed by atoms with Crippen LogP contribution in [-0.4, -0.2) is 66.8 Å². The zero-order chi connectivity index (χ0) is 24.6. The Morgan fingerprint density at radius 3 is 2.51 bits per heavy atom. The van der Waals surface area contributed by atoms with Crippen LogP contribution in [0.1, 0.15) is 0 Å². The number of methoxy groups -OCH3 is 3. The van der Waals surface area contributed by atoms with Crippen LogP contribution in [0.4, 0.5) is 0 Å². The lowest BCUT2D eigenvalue weighted by Crippen LogP contribution is -2.32. The highest BCUT2D eigenvalue weighted by Crippen LogP contribution is 2.31. The molecule has 2 aromatic heterocycles. The quantitative estimate of drug-likeness (QED) is 0.324. The first-order valence-corrected chi connectivity index (χ1v) is 10.7. The van der Waals surface area contributed by atoms with E-state index in [0.29, 0.717) is 40.3 Å². The van der Waals surface area contributed by atoms with Gasteiger partial charge in [-0.15, -0.1) is 15.3 Å². The minimum Gasteiger partial charge on any atom is -0.497 e. The lowest BCUT2D eigenvalue weighted by molar-refractivity contribution is -0.123. The summed E-state index contributed by atoms with van der Waals surface area (Å²) in [6, 6.07) is 15.9. The summed E-state index contributed by atoms with van der Waals surface area (Å²) in [5, 5.41) is 15.6. The van der Waals surface area contributed by atoms with Crippen LogP contribution in [-0.2, 0) is 4.79 Å². The third kappa shape index (κ3) is 5.69. The summed E-state index contributed by atoms with van der Waals surface area (Å²) in [5.41, 5.74) is 1.31. The molecule has 0 unspecified atom stereocenters. The Kier molecular flexibility index (Phi) is 7.46. The Hall–Kier alpha value is -4.54. The molecule has 4 aromatic rings. The van der Waals surface area contributed by atoms with Crippen LogP contribution in [0.15, 0.2) is 54.6 Å². The molecule has 0 bridgehead atoms. The van der Waals surface area contributed by atoms with Gasteiger partial charge in [0, 0.05) is 17.7 Å². The van der Waals surface area contributed by atoms with Crippen molar-refractivity contribution in [2.75, 3.05) is 41.1 Å². The van der Waals surface area contributed by atoms with Gasteiger partial charge in [-0.2, -0.15) is 4.52 Å². The number of rotatable bonds is 11. The van der Waals surface area contributed by atoms with Crippen molar-refractivity contribution in [3.63, 3.8) is 0 Å². The van der Waals surface area contributed by atoms with E-state index in [0.717, 1.165) is 5.56 Å². The normalized spacial score (nSPS) is 10.6. The predicted molar refractivity (Wildman–Crippen MR) is 126 cm³/mol. The highest BCUT2D eigenvalue weighted by atomic mass is 16.5. The Morgan fingerprint density at radius 2 is 1.71 bits per heavy atom. The number of nitrogens with zero attached hydrogens (tertiary/aromatic N) is 4. The SMILES string of the molecule is COc1cccc(OCC(=O)NCCOc2ccc3nnc(-c4ccc(OC)c(OC)c4)n3n2)c1. The number of hydrogen-bond donors (Lipinski definition) is 1. The number of carbonyl (C=O) groups is 1. The summed E-state index contributed by atoms with van der Waals surface area (Å²) in [4.78, 5) is 12.0. The van der Waals surface area contributed by atoms with E-state index >= 15 is 0 Å². The number of amides is 1. The zero-order valence-electron chi connectivity index (χ0n) is 19.6. The Labute approximate surface area is 201 Å². The lowest BCUT2D eigenvalue weighted by atomic mass is 10.2. The molecule has 0 atom stereocenters. The monoisotopic (exact) mass is 479 g/mol. The highest BCUT2D eigenvalue weighted by Gasteiger charge is 2.14. The van der Waals surface area contributed by atoms with Gasteiger partial charge in [0.1, 0.15) is 18.1 Å². The van der Waals surface area contributed by atoms with Gasteiger partial charge in [-0.3, -0.25) is 4.79 Å². The van der Waals surface area contributed by atoms with Crippen molar-refractivity contribution in [3.05, 3.63) is 54.6 Å². The van der Waals surface area contributed by atoms with Crippen molar-refractivity contribution in [3.8, 4) is 40.3 Å². The van der Waals surface area contributed by atoms with Gasteiger partial charge in [0.25, 0.3) is 5.91 Å². The fourth-order valence-corrected chi connectivity index (χ4v) is 3.24. The Morgan fingerprint density at radius 1 is 0.886 bits per heavy atom. The van der Waals surface area contributed by atoms with Crippen molar-refractivity contribution in [1.82, 2.24) is 25.1 Å². The minimum atomic E-state index is -0.269. The molecular weight excluding hydrogens is 454 g/mol. The second-order valence-electron chi connectivity index (χ2n) is 7.20. The third-order valence-electron chi connectivity index (χ3n) is 4.97. The molecule has 2 aromatic carbocycles. The van der Waals surface area contributed by atoms with Gasteiger partial charge in [0.05, 0.1) is 27.9 Å². The van der Waals surface area contributed by atoms with Crippen molar-refractivity contribution < 1.29 is 28.5 Å². The van der Waals surface area contributed by atoms with Gasteiger partial charge >= 0.3 is 0 Å². The maximum Gasteiger partial charge on any atom is 0.258 e.